The average molecular weight is 235 g/mol. The molecule has 17 heavy (non-hydrogen) atoms. The summed E-state index contributed by atoms with van der Waals surface area (Å²) < 4.78 is 11.1. The van der Waals surface area contributed by atoms with Gasteiger partial charge < -0.3 is 14.8 Å². The molecule has 1 heterocycles. The van der Waals surface area contributed by atoms with Gasteiger partial charge in [-0.2, -0.15) is 0 Å². The second-order valence-electron chi connectivity index (χ2n) is 4.51. The van der Waals surface area contributed by atoms with Crippen LogP contribution in [0.15, 0.2) is 18.2 Å². The van der Waals surface area contributed by atoms with Crippen molar-refractivity contribution >= 4 is 0 Å². The van der Waals surface area contributed by atoms with Crippen molar-refractivity contribution in [2.45, 2.75) is 19.8 Å². The number of hydrogen-bond acceptors (Lipinski definition) is 3. The van der Waals surface area contributed by atoms with Gasteiger partial charge in [0, 0.05) is 0 Å². The van der Waals surface area contributed by atoms with E-state index in [2.05, 4.69) is 24.4 Å². The Bertz CT molecular complexity index is 365. The molecule has 1 aromatic rings. The summed E-state index contributed by atoms with van der Waals surface area (Å²) in [6, 6.07) is 6.29. The maximum atomic E-state index is 5.60. The van der Waals surface area contributed by atoms with Crippen molar-refractivity contribution in [2.24, 2.45) is 5.92 Å². The van der Waals surface area contributed by atoms with Crippen LogP contribution in [-0.2, 0) is 6.42 Å². The van der Waals surface area contributed by atoms with Crippen LogP contribution in [0.1, 0.15) is 18.9 Å². The van der Waals surface area contributed by atoms with Gasteiger partial charge in [-0.1, -0.05) is 19.4 Å². The summed E-state index contributed by atoms with van der Waals surface area (Å²) in [5.74, 6) is 2.46. The van der Waals surface area contributed by atoms with Gasteiger partial charge in [0.25, 0.3) is 0 Å². The quantitative estimate of drug-likeness (QED) is 0.849. The monoisotopic (exact) mass is 235 g/mol. The van der Waals surface area contributed by atoms with E-state index < -0.39 is 0 Å². The Hall–Kier alpha value is -1.22. The van der Waals surface area contributed by atoms with E-state index in [-0.39, 0.29) is 0 Å². The molecule has 2 rings (SSSR count). The lowest BCUT2D eigenvalue weighted by molar-refractivity contribution is 0.171. The first-order valence-corrected chi connectivity index (χ1v) is 6.36. The van der Waals surface area contributed by atoms with Crippen molar-refractivity contribution in [3.63, 3.8) is 0 Å². The third-order valence-corrected chi connectivity index (χ3v) is 3.20. The van der Waals surface area contributed by atoms with Gasteiger partial charge in [0.05, 0.1) is 0 Å². The van der Waals surface area contributed by atoms with E-state index in [4.69, 9.17) is 9.47 Å². The fourth-order valence-corrected chi connectivity index (χ4v) is 2.20. The highest BCUT2D eigenvalue weighted by Crippen LogP contribution is 2.31. The molecule has 0 amide bonds. The molecule has 1 atom stereocenters. The third kappa shape index (κ3) is 3.13. The van der Waals surface area contributed by atoms with Gasteiger partial charge in [-0.25, -0.2) is 0 Å². The second kappa shape index (κ2) is 5.92. The van der Waals surface area contributed by atoms with Crippen LogP contribution in [0.5, 0.6) is 11.5 Å². The molecule has 0 spiro atoms. The van der Waals surface area contributed by atoms with Crippen LogP contribution in [0.2, 0.25) is 0 Å². The molecule has 0 saturated heterocycles. The maximum Gasteiger partial charge on any atom is 0.161 e. The Kier molecular flexibility index (Phi) is 4.26. The Morgan fingerprint density at radius 1 is 1.24 bits per heavy atom. The molecule has 94 valence electrons. The van der Waals surface area contributed by atoms with Crippen molar-refractivity contribution in [2.75, 3.05) is 26.8 Å². The second-order valence-corrected chi connectivity index (χ2v) is 4.51. The summed E-state index contributed by atoms with van der Waals surface area (Å²) >= 11 is 0. The predicted octanol–water partition coefficient (Wildman–Crippen LogP) is 2.25. The van der Waals surface area contributed by atoms with E-state index in [1.165, 1.54) is 12.0 Å². The number of ether oxygens (including phenoxy) is 2. The molecule has 1 aliphatic heterocycles. The summed E-state index contributed by atoms with van der Waals surface area (Å²) in [6.07, 6.45) is 2.28. The molecule has 0 radical (unpaired) electrons. The molecule has 0 aliphatic carbocycles. The standard InChI is InChI=1S/C14H21NO2/c1-3-11(10-15-2)8-12-4-5-13-14(9-12)17-7-6-16-13/h4-5,9,11,15H,3,6-8,10H2,1-2H3/t11-/m0/s1. The molecule has 3 nitrogen and oxygen atoms in total. The van der Waals surface area contributed by atoms with Gasteiger partial charge in [-0.05, 0) is 43.6 Å². The number of hydrogen-bond donors (Lipinski definition) is 1. The molecule has 1 N–H and O–H groups in total. The molecule has 0 aromatic heterocycles. The maximum absolute atomic E-state index is 5.60. The van der Waals surface area contributed by atoms with E-state index in [1.54, 1.807) is 0 Å². The van der Waals surface area contributed by atoms with Crippen LogP contribution < -0.4 is 14.8 Å². The SMILES string of the molecule is CC[C@H](CNC)Cc1ccc2c(c1)OCCO2. The minimum Gasteiger partial charge on any atom is -0.486 e. The molecule has 0 fully saturated rings. The van der Waals surface area contributed by atoms with Crippen molar-refractivity contribution in [3.8, 4) is 11.5 Å². The minimum absolute atomic E-state index is 0.656. The fraction of sp³-hybridized carbons (Fsp3) is 0.571. The lowest BCUT2D eigenvalue weighted by Crippen LogP contribution is -2.20. The number of benzene rings is 1. The number of rotatable bonds is 5. The van der Waals surface area contributed by atoms with Gasteiger partial charge in [-0.15, -0.1) is 0 Å². The lowest BCUT2D eigenvalue weighted by atomic mass is 9.96. The first-order chi connectivity index (χ1) is 8.33. The first kappa shape index (κ1) is 12.2. The van der Waals surface area contributed by atoms with Crippen LogP contribution in [0.3, 0.4) is 0 Å². The van der Waals surface area contributed by atoms with Gasteiger partial charge in [-0.3, -0.25) is 0 Å². The van der Waals surface area contributed by atoms with Gasteiger partial charge in [0.15, 0.2) is 11.5 Å². The highest BCUT2D eigenvalue weighted by atomic mass is 16.6. The Morgan fingerprint density at radius 3 is 2.71 bits per heavy atom. The predicted molar refractivity (Wildman–Crippen MR) is 68.8 cm³/mol. The normalized spacial score (nSPS) is 15.6. The Labute approximate surface area is 103 Å². The Balaban J connectivity index is 2.05. The fourth-order valence-electron chi connectivity index (χ4n) is 2.20. The highest BCUT2D eigenvalue weighted by Gasteiger charge is 2.13. The molecule has 3 heteroatoms. The summed E-state index contributed by atoms with van der Waals surface area (Å²) in [6.45, 7) is 4.61. The van der Waals surface area contributed by atoms with Crippen molar-refractivity contribution < 1.29 is 9.47 Å². The smallest absolute Gasteiger partial charge is 0.161 e. The third-order valence-electron chi connectivity index (χ3n) is 3.20. The summed E-state index contributed by atoms with van der Waals surface area (Å²) in [7, 11) is 2.01. The van der Waals surface area contributed by atoms with Crippen LogP contribution in [0, 0.1) is 5.92 Å². The molecular formula is C14H21NO2. The van der Waals surface area contributed by atoms with E-state index in [0.29, 0.717) is 19.1 Å². The van der Waals surface area contributed by atoms with E-state index in [0.717, 1.165) is 24.5 Å². The molecule has 0 bridgehead atoms. The number of fused-ring (bicyclic) bond motifs is 1. The molecule has 0 saturated carbocycles. The lowest BCUT2D eigenvalue weighted by Gasteiger charge is -2.20. The first-order valence-electron chi connectivity index (χ1n) is 6.36. The molecule has 1 aliphatic rings. The largest absolute Gasteiger partial charge is 0.486 e. The molecular weight excluding hydrogens is 214 g/mol. The van der Waals surface area contributed by atoms with Gasteiger partial charge in [0.1, 0.15) is 13.2 Å². The Morgan fingerprint density at radius 2 is 2.00 bits per heavy atom. The van der Waals surface area contributed by atoms with E-state index >= 15 is 0 Å². The zero-order valence-corrected chi connectivity index (χ0v) is 10.7. The van der Waals surface area contributed by atoms with Crippen LogP contribution >= 0.6 is 0 Å². The molecule has 1 aromatic carbocycles. The topological polar surface area (TPSA) is 30.5 Å². The van der Waals surface area contributed by atoms with Crippen molar-refractivity contribution in [1.29, 1.82) is 0 Å². The zero-order valence-electron chi connectivity index (χ0n) is 10.7. The summed E-state index contributed by atoms with van der Waals surface area (Å²) in [5.41, 5.74) is 1.33. The van der Waals surface area contributed by atoms with E-state index in [1.807, 2.05) is 13.1 Å². The minimum atomic E-state index is 0.656. The average Bonchev–Trinajstić information content (AvgIpc) is 2.38. The van der Waals surface area contributed by atoms with Crippen molar-refractivity contribution in [3.05, 3.63) is 23.8 Å². The van der Waals surface area contributed by atoms with Crippen LogP contribution in [0.4, 0.5) is 0 Å². The molecule has 0 unspecified atom stereocenters. The summed E-state index contributed by atoms with van der Waals surface area (Å²) in [5, 5.41) is 3.25. The number of nitrogens with one attached hydrogen (secondary N) is 1. The van der Waals surface area contributed by atoms with Crippen LogP contribution in [-0.4, -0.2) is 26.8 Å². The zero-order chi connectivity index (χ0) is 12.1. The summed E-state index contributed by atoms with van der Waals surface area (Å²) in [4.78, 5) is 0. The van der Waals surface area contributed by atoms with Crippen molar-refractivity contribution in [1.82, 2.24) is 5.32 Å². The van der Waals surface area contributed by atoms with Crippen LogP contribution in [0.25, 0.3) is 0 Å². The highest BCUT2D eigenvalue weighted by molar-refractivity contribution is 5.43. The van der Waals surface area contributed by atoms with Gasteiger partial charge >= 0.3 is 0 Å². The van der Waals surface area contributed by atoms with Gasteiger partial charge in [0.2, 0.25) is 0 Å². The van der Waals surface area contributed by atoms with E-state index in [9.17, 15) is 0 Å².